The highest BCUT2D eigenvalue weighted by Crippen LogP contribution is 2.29. The van der Waals surface area contributed by atoms with Gasteiger partial charge in [0.2, 0.25) is 0 Å². The SMILES string of the molecule is CN=C(NCCc1nc(C(F)(F)F)cs1)NCCN(C)c1ccccc1. The van der Waals surface area contributed by atoms with Crippen molar-refractivity contribution >= 4 is 23.0 Å². The Bertz CT molecular complexity index is 700. The zero-order valence-electron chi connectivity index (χ0n) is 14.7. The van der Waals surface area contributed by atoms with Gasteiger partial charge in [0.15, 0.2) is 11.7 Å². The fourth-order valence-electron chi connectivity index (χ4n) is 2.22. The molecule has 0 spiro atoms. The molecule has 142 valence electrons. The van der Waals surface area contributed by atoms with Gasteiger partial charge in [-0.2, -0.15) is 13.2 Å². The smallest absolute Gasteiger partial charge is 0.373 e. The van der Waals surface area contributed by atoms with Crippen molar-refractivity contribution in [3.63, 3.8) is 0 Å². The third-order valence-corrected chi connectivity index (χ3v) is 4.54. The molecule has 0 unspecified atom stereocenters. The van der Waals surface area contributed by atoms with E-state index in [9.17, 15) is 13.2 Å². The number of halogens is 3. The van der Waals surface area contributed by atoms with E-state index in [0.29, 0.717) is 30.5 Å². The van der Waals surface area contributed by atoms with Crippen LogP contribution in [0.2, 0.25) is 0 Å². The molecule has 5 nitrogen and oxygen atoms in total. The summed E-state index contributed by atoms with van der Waals surface area (Å²) in [6.07, 6.45) is -3.98. The van der Waals surface area contributed by atoms with Crippen molar-refractivity contribution < 1.29 is 13.2 Å². The number of para-hydroxylation sites is 1. The molecule has 0 fully saturated rings. The summed E-state index contributed by atoms with van der Waals surface area (Å²) in [7, 11) is 3.66. The second kappa shape index (κ2) is 9.42. The van der Waals surface area contributed by atoms with Crippen LogP contribution < -0.4 is 15.5 Å². The van der Waals surface area contributed by atoms with Crippen LogP contribution in [0.4, 0.5) is 18.9 Å². The van der Waals surface area contributed by atoms with Crippen molar-refractivity contribution in [2.45, 2.75) is 12.6 Å². The van der Waals surface area contributed by atoms with Crippen molar-refractivity contribution in [1.29, 1.82) is 0 Å². The van der Waals surface area contributed by atoms with Crippen LogP contribution >= 0.6 is 11.3 Å². The molecule has 0 amide bonds. The molecule has 0 radical (unpaired) electrons. The Morgan fingerprint density at radius 2 is 1.88 bits per heavy atom. The molecule has 0 atom stereocenters. The van der Waals surface area contributed by atoms with E-state index < -0.39 is 11.9 Å². The number of thiazole rings is 1. The number of hydrogen-bond donors (Lipinski definition) is 2. The van der Waals surface area contributed by atoms with Crippen molar-refractivity contribution in [3.05, 3.63) is 46.4 Å². The van der Waals surface area contributed by atoms with Crippen molar-refractivity contribution in [3.8, 4) is 0 Å². The summed E-state index contributed by atoms with van der Waals surface area (Å²) in [5, 5.41) is 7.76. The first-order chi connectivity index (χ1) is 12.4. The fraction of sp³-hybridized carbons (Fsp3) is 0.412. The molecule has 2 N–H and O–H groups in total. The average Bonchev–Trinajstić information content (AvgIpc) is 3.10. The van der Waals surface area contributed by atoms with E-state index in [2.05, 4.69) is 25.5 Å². The highest BCUT2D eigenvalue weighted by atomic mass is 32.1. The lowest BCUT2D eigenvalue weighted by atomic mass is 10.3. The molecule has 0 bridgehead atoms. The minimum atomic E-state index is -4.38. The Morgan fingerprint density at radius 3 is 2.50 bits per heavy atom. The van der Waals surface area contributed by atoms with Gasteiger partial charge in [0.25, 0.3) is 0 Å². The maximum atomic E-state index is 12.5. The molecule has 2 rings (SSSR count). The number of nitrogens with zero attached hydrogens (tertiary/aromatic N) is 3. The Morgan fingerprint density at radius 1 is 1.19 bits per heavy atom. The van der Waals surface area contributed by atoms with Gasteiger partial charge in [-0.15, -0.1) is 11.3 Å². The summed E-state index contributed by atoms with van der Waals surface area (Å²) in [5.74, 6) is 0.610. The van der Waals surface area contributed by atoms with Gasteiger partial charge in [0.05, 0.1) is 5.01 Å². The van der Waals surface area contributed by atoms with Crippen molar-refractivity contribution in [2.24, 2.45) is 4.99 Å². The second-order valence-electron chi connectivity index (χ2n) is 5.56. The van der Waals surface area contributed by atoms with Crippen LogP contribution in [0, 0.1) is 0 Å². The summed E-state index contributed by atoms with van der Waals surface area (Å²) >= 11 is 1.02. The monoisotopic (exact) mass is 385 g/mol. The minimum absolute atomic E-state index is 0.408. The first kappa shape index (κ1) is 20.0. The second-order valence-corrected chi connectivity index (χ2v) is 6.50. The molecule has 1 aromatic carbocycles. The van der Waals surface area contributed by atoms with Crippen LogP contribution in [0.1, 0.15) is 10.7 Å². The number of likely N-dealkylation sites (N-methyl/N-ethyl adjacent to an activating group) is 1. The predicted octanol–water partition coefficient (Wildman–Crippen LogP) is 3.01. The zero-order chi connectivity index (χ0) is 19.0. The van der Waals surface area contributed by atoms with Gasteiger partial charge in [-0.25, -0.2) is 4.98 Å². The van der Waals surface area contributed by atoms with E-state index in [1.807, 2.05) is 37.4 Å². The van der Waals surface area contributed by atoms with Gasteiger partial charge in [-0.05, 0) is 12.1 Å². The molecule has 1 heterocycles. The number of guanidine groups is 1. The molecule has 0 saturated carbocycles. The van der Waals surface area contributed by atoms with Gasteiger partial charge >= 0.3 is 6.18 Å². The lowest BCUT2D eigenvalue weighted by Gasteiger charge is -2.20. The van der Waals surface area contributed by atoms with Crippen LogP contribution in [0.25, 0.3) is 0 Å². The van der Waals surface area contributed by atoms with E-state index >= 15 is 0 Å². The molecule has 0 aliphatic heterocycles. The standard InChI is InChI=1S/C17H22F3N5S/c1-21-16(23-10-11-25(2)13-6-4-3-5-7-13)22-9-8-15-24-14(12-26-15)17(18,19)20/h3-7,12H,8-11H2,1-2H3,(H2,21,22,23). The first-order valence-corrected chi connectivity index (χ1v) is 9.00. The number of anilines is 1. The van der Waals surface area contributed by atoms with E-state index in [1.165, 1.54) is 0 Å². The number of hydrogen-bond acceptors (Lipinski definition) is 4. The Balaban J connectivity index is 1.70. The molecule has 0 aliphatic carbocycles. The van der Waals surface area contributed by atoms with Gasteiger partial charge in [0.1, 0.15) is 0 Å². The van der Waals surface area contributed by atoms with E-state index in [4.69, 9.17) is 0 Å². The summed E-state index contributed by atoms with van der Waals surface area (Å²) in [6.45, 7) is 1.92. The van der Waals surface area contributed by atoms with Crippen LogP contribution in [-0.4, -0.2) is 44.7 Å². The largest absolute Gasteiger partial charge is 0.434 e. The lowest BCUT2D eigenvalue weighted by molar-refractivity contribution is -0.140. The summed E-state index contributed by atoms with van der Waals surface area (Å²) in [4.78, 5) is 9.84. The molecule has 0 aliphatic rings. The van der Waals surface area contributed by atoms with Gasteiger partial charge in [0, 0.05) is 51.2 Å². The minimum Gasteiger partial charge on any atom is -0.373 e. The van der Waals surface area contributed by atoms with Crippen LogP contribution in [0.5, 0.6) is 0 Å². The highest BCUT2D eigenvalue weighted by Gasteiger charge is 2.33. The van der Waals surface area contributed by atoms with Crippen LogP contribution in [0.15, 0.2) is 40.7 Å². The number of aliphatic imine (C=N–C) groups is 1. The Labute approximate surface area is 155 Å². The molecule has 1 aromatic heterocycles. The first-order valence-electron chi connectivity index (χ1n) is 8.12. The topological polar surface area (TPSA) is 52.6 Å². The summed E-state index contributed by atoms with van der Waals surface area (Å²) in [6, 6.07) is 10.0. The quantitative estimate of drug-likeness (QED) is 0.568. The van der Waals surface area contributed by atoms with E-state index in [0.717, 1.165) is 28.9 Å². The number of benzene rings is 1. The fourth-order valence-corrected chi connectivity index (χ4v) is 3.02. The molecule has 2 aromatic rings. The molecule has 26 heavy (non-hydrogen) atoms. The maximum Gasteiger partial charge on any atom is 0.434 e. The average molecular weight is 385 g/mol. The van der Waals surface area contributed by atoms with Gasteiger partial charge in [-0.3, -0.25) is 4.99 Å². The number of aromatic nitrogens is 1. The predicted molar refractivity (Wildman–Crippen MR) is 99.9 cm³/mol. The molecule has 0 saturated heterocycles. The number of nitrogens with one attached hydrogen (secondary N) is 2. The molecular weight excluding hydrogens is 363 g/mol. The van der Waals surface area contributed by atoms with E-state index in [-0.39, 0.29) is 0 Å². The lowest BCUT2D eigenvalue weighted by Crippen LogP contribution is -2.41. The van der Waals surface area contributed by atoms with Crippen LogP contribution in [-0.2, 0) is 12.6 Å². The molecular formula is C17H22F3N5S. The summed E-state index contributed by atoms with van der Waals surface area (Å²) in [5.41, 5.74) is 0.297. The van der Waals surface area contributed by atoms with Crippen LogP contribution in [0.3, 0.4) is 0 Å². The normalized spacial score (nSPS) is 12.1. The number of rotatable bonds is 7. The Kier molecular flexibility index (Phi) is 7.26. The van der Waals surface area contributed by atoms with Crippen molar-refractivity contribution in [1.82, 2.24) is 15.6 Å². The third-order valence-electron chi connectivity index (χ3n) is 3.63. The third kappa shape index (κ3) is 6.21. The highest BCUT2D eigenvalue weighted by molar-refractivity contribution is 7.09. The summed E-state index contributed by atoms with van der Waals surface area (Å²) < 4.78 is 37.6. The number of alkyl halides is 3. The maximum absolute atomic E-state index is 12.5. The van der Waals surface area contributed by atoms with Gasteiger partial charge < -0.3 is 15.5 Å². The van der Waals surface area contributed by atoms with E-state index in [1.54, 1.807) is 7.05 Å². The molecule has 9 heteroatoms. The van der Waals surface area contributed by atoms with Crippen molar-refractivity contribution in [2.75, 3.05) is 38.6 Å². The van der Waals surface area contributed by atoms with Gasteiger partial charge in [-0.1, -0.05) is 18.2 Å². The zero-order valence-corrected chi connectivity index (χ0v) is 15.5. The Hall–Kier alpha value is -2.29.